The number of hydrogen-bond donors (Lipinski definition) is 2. The van der Waals surface area contributed by atoms with Gasteiger partial charge in [-0.1, -0.05) is 60.2 Å². The molecule has 1 amide bonds. The van der Waals surface area contributed by atoms with Crippen LogP contribution >= 0.6 is 0 Å². The first-order valence-electron chi connectivity index (χ1n) is 8.92. The first-order valence-corrected chi connectivity index (χ1v) is 8.92. The fourth-order valence-electron chi connectivity index (χ4n) is 3.36. The lowest BCUT2D eigenvalue weighted by Gasteiger charge is -2.27. The molecule has 0 saturated heterocycles. The topological polar surface area (TPSA) is 75.3 Å². The van der Waals surface area contributed by atoms with E-state index in [2.05, 4.69) is 10.6 Å². The number of carbonyl (C=O) groups excluding carboxylic acids is 3. The third-order valence-electron chi connectivity index (χ3n) is 4.85. The van der Waals surface area contributed by atoms with E-state index < -0.39 is 23.0 Å². The van der Waals surface area contributed by atoms with Gasteiger partial charge in [-0.05, 0) is 31.2 Å². The van der Waals surface area contributed by atoms with Gasteiger partial charge < -0.3 is 10.6 Å². The molecule has 5 nitrogen and oxygen atoms in total. The molecule has 28 heavy (non-hydrogen) atoms. The maximum Gasteiger partial charge on any atom is 0.266 e. The zero-order valence-corrected chi connectivity index (χ0v) is 15.2. The maximum absolute atomic E-state index is 13.3. The average Bonchev–Trinajstić information content (AvgIpc) is 2.93. The average molecular weight is 370 g/mol. The molecule has 0 heterocycles. The van der Waals surface area contributed by atoms with Gasteiger partial charge in [0.15, 0.2) is 0 Å². The van der Waals surface area contributed by atoms with Crippen molar-refractivity contribution in [2.45, 2.75) is 12.5 Å². The van der Waals surface area contributed by atoms with Crippen LogP contribution in [0.2, 0.25) is 0 Å². The van der Waals surface area contributed by atoms with E-state index in [4.69, 9.17) is 0 Å². The van der Waals surface area contributed by atoms with E-state index in [0.29, 0.717) is 11.4 Å². The van der Waals surface area contributed by atoms with Gasteiger partial charge in [-0.2, -0.15) is 0 Å². The smallest absolute Gasteiger partial charge is 0.266 e. The monoisotopic (exact) mass is 370 g/mol. The van der Waals surface area contributed by atoms with Crippen LogP contribution in [0.5, 0.6) is 0 Å². The Morgan fingerprint density at radius 3 is 1.82 bits per heavy atom. The summed E-state index contributed by atoms with van der Waals surface area (Å²) >= 11 is 0. The molecule has 2 N–H and O–H groups in total. The normalized spacial score (nSPS) is 14.5. The molecule has 4 rings (SSSR count). The van der Waals surface area contributed by atoms with Crippen molar-refractivity contribution in [3.05, 3.63) is 95.6 Å². The van der Waals surface area contributed by atoms with Crippen LogP contribution in [0.1, 0.15) is 26.3 Å². The summed E-state index contributed by atoms with van der Waals surface area (Å²) in [5, 5.41) is 5.65. The van der Waals surface area contributed by atoms with Crippen LogP contribution in [0.15, 0.2) is 78.9 Å². The zero-order valence-electron chi connectivity index (χ0n) is 15.2. The van der Waals surface area contributed by atoms with Gasteiger partial charge in [-0.3, -0.25) is 14.4 Å². The Morgan fingerprint density at radius 1 is 0.714 bits per heavy atom. The molecule has 1 aliphatic carbocycles. The molecular weight excluding hydrogens is 352 g/mol. The van der Waals surface area contributed by atoms with Gasteiger partial charge in [0.2, 0.25) is 17.1 Å². The molecule has 0 aliphatic heterocycles. The van der Waals surface area contributed by atoms with Gasteiger partial charge in [0.1, 0.15) is 0 Å². The summed E-state index contributed by atoms with van der Waals surface area (Å²) in [6, 6.07) is 22.5. The van der Waals surface area contributed by atoms with Crippen LogP contribution in [0.4, 0.5) is 11.4 Å². The number of ketones is 2. The second-order valence-electron chi connectivity index (χ2n) is 6.77. The number of benzene rings is 3. The van der Waals surface area contributed by atoms with Crippen molar-refractivity contribution < 1.29 is 14.4 Å². The van der Waals surface area contributed by atoms with E-state index >= 15 is 0 Å². The van der Waals surface area contributed by atoms with Crippen LogP contribution in [0.3, 0.4) is 0 Å². The third-order valence-corrected chi connectivity index (χ3v) is 4.85. The van der Waals surface area contributed by atoms with Gasteiger partial charge in [0.25, 0.3) is 5.91 Å². The molecule has 5 heteroatoms. The molecule has 0 saturated carbocycles. The predicted octanol–water partition coefficient (Wildman–Crippen LogP) is 3.86. The summed E-state index contributed by atoms with van der Waals surface area (Å²) in [4.78, 5) is 39.9. The van der Waals surface area contributed by atoms with E-state index in [1.165, 1.54) is 0 Å². The summed E-state index contributed by atoms with van der Waals surface area (Å²) in [6.45, 7) is 1.93. The molecule has 1 aliphatic rings. The maximum atomic E-state index is 13.3. The van der Waals surface area contributed by atoms with Gasteiger partial charge in [0.05, 0.1) is 0 Å². The number of hydrogen-bond acceptors (Lipinski definition) is 4. The third kappa shape index (κ3) is 2.77. The molecule has 0 atom stereocenters. The summed E-state index contributed by atoms with van der Waals surface area (Å²) < 4.78 is 0. The van der Waals surface area contributed by atoms with E-state index in [1.807, 2.05) is 25.1 Å². The molecule has 138 valence electrons. The molecule has 3 aromatic rings. The van der Waals surface area contributed by atoms with Crippen molar-refractivity contribution in [2.75, 3.05) is 10.6 Å². The Bertz CT molecular complexity index is 1040. The standard InChI is InChI=1S/C23H18N2O3/c1-15-11-13-17(14-12-15)25-23(22(28)24-16-7-3-2-4-8-16)20(26)18-9-5-6-10-19(18)21(23)27/h2-14,25H,1H3,(H,24,28). The van der Waals surface area contributed by atoms with Crippen LogP contribution in [-0.2, 0) is 4.79 Å². The highest BCUT2D eigenvalue weighted by Crippen LogP contribution is 2.34. The van der Waals surface area contributed by atoms with Crippen LogP contribution in [0.25, 0.3) is 0 Å². The molecule has 0 aromatic heterocycles. The van der Waals surface area contributed by atoms with Crippen LogP contribution in [0, 0.1) is 6.92 Å². The van der Waals surface area contributed by atoms with Crippen molar-refractivity contribution in [1.29, 1.82) is 0 Å². The second-order valence-corrected chi connectivity index (χ2v) is 6.77. The number of carbonyl (C=O) groups is 3. The molecule has 0 bridgehead atoms. The fourth-order valence-corrected chi connectivity index (χ4v) is 3.36. The quantitative estimate of drug-likeness (QED) is 0.684. The Kier molecular flexibility index (Phi) is 4.28. The number of fused-ring (bicyclic) bond motifs is 1. The highest BCUT2D eigenvalue weighted by molar-refractivity contribution is 6.46. The van der Waals surface area contributed by atoms with Gasteiger partial charge in [-0.15, -0.1) is 0 Å². The number of aryl methyl sites for hydroxylation is 1. The summed E-state index contributed by atoms with van der Waals surface area (Å²) in [6.07, 6.45) is 0. The molecule has 0 radical (unpaired) electrons. The number of anilines is 2. The van der Waals surface area contributed by atoms with Crippen molar-refractivity contribution in [2.24, 2.45) is 0 Å². The van der Waals surface area contributed by atoms with Gasteiger partial charge >= 0.3 is 0 Å². The minimum Gasteiger partial charge on any atom is -0.358 e. The Labute approximate surface area is 162 Å². The molecule has 3 aromatic carbocycles. The van der Waals surface area contributed by atoms with Gasteiger partial charge in [-0.25, -0.2) is 0 Å². The van der Waals surface area contributed by atoms with Crippen molar-refractivity contribution in [1.82, 2.24) is 0 Å². The summed E-state index contributed by atoms with van der Waals surface area (Å²) in [5.74, 6) is -1.81. The first kappa shape index (κ1) is 17.7. The Balaban J connectivity index is 1.80. The van der Waals surface area contributed by atoms with Crippen LogP contribution in [-0.4, -0.2) is 23.0 Å². The van der Waals surface area contributed by atoms with Crippen molar-refractivity contribution >= 4 is 28.8 Å². The summed E-state index contributed by atoms with van der Waals surface area (Å²) in [5.41, 5.74) is 0.498. The number of nitrogens with one attached hydrogen (secondary N) is 2. The van der Waals surface area contributed by atoms with Gasteiger partial charge in [0, 0.05) is 22.5 Å². The largest absolute Gasteiger partial charge is 0.358 e. The minimum absolute atomic E-state index is 0.246. The number of para-hydroxylation sites is 1. The Hall–Kier alpha value is -3.73. The lowest BCUT2D eigenvalue weighted by molar-refractivity contribution is -0.117. The zero-order chi connectivity index (χ0) is 19.7. The second kappa shape index (κ2) is 6.78. The predicted molar refractivity (Wildman–Crippen MR) is 108 cm³/mol. The number of amides is 1. The van der Waals surface area contributed by atoms with E-state index in [9.17, 15) is 14.4 Å². The highest BCUT2D eigenvalue weighted by atomic mass is 16.2. The molecular formula is C23H18N2O3. The number of rotatable bonds is 4. The Morgan fingerprint density at radius 2 is 1.25 bits per heavy atom. The fraction of sp³-hybridized carbons (Fsp3) is 0.0870. The number of Topliss-reactive ketones (excluding diaryl/α,β-unsaturated/α-hetero) is 2. The van der Waals surface area contributed by atoms with Crippen molar-refractivity contribution in [3.63, 3.8) is 0 Å². The van der Waals surface area contributed by atoms with E-state index in [1.54, 1.807) is 60.7 Å². The van der Waals surface area contributed by atoms with E-state index in [0.717, 1.165) is 5.56 Å². The van der Waals surface area contributed by atoms with Crippen molar-refractivity contribution in [3.8, 4) is 0 Å². The van der Waals surface area contributed by atoms with E-state index in [-0.39, 0.29) is 11.1 Å². The van der Waals surface area contributed by atoms with Crippen LogP contribution < -0.4 is 10.6 Å². The molecule has 0 unspecified atom stereocenters. The molecule has 0 spiro atoms. The molecule has 0 fully saturated rings. The first-order chi connectivity index (χ1) is 13.5. The lowest BCUT2D eigenvalue weighted by atomic mass is 9.91. The summed E-state index contributed by atoms with van der Waals surface area (Å²) in [7, 11) is 0. The SMILES string of the molecule is Cc1ccc(NC2(C(=O)Nc3ccccc3)C(=O)c3ccccc3C2=O)cc1. The lowest BCUT2D eigenvalue weighted by Crippen LogP contribution is -2.58. The highest BCUT2D eigenvalue weighted by Gasteiger charge is 2.58. The minimum atomic E-state index is -2.05.